The summed E-state index contributed by atoms with van der Waals surface area (Å²) < 4.78 is 28.5. The van der Waals surface area contributed by atoms with E-state index >= 15 is 0 Å². The lowest BCUT2D eigenvalue weighted by atomic mass is 9.64. The van der Waals surface area contributed by atoms with Crippen LogP contribution in [0.15, 0.2) is 47.7 Å². The number of carbonyl (C=O) groups is 1. The average molecular weight is 494 g/mol. The fraction of sp³-hybridized carbons (Fsp3) is 0.393. The van der Waals surface area contributed by atoms with Crippen molar-refractivity contribution in [3.05, 3.63) is 58.9 Å². The van der Waals surface area contributed by atoms with Gasteiger partial charge in [0.1, 0.15) is 5.76 Å². The zero-order valence-corrected chi connectivity index (χ0v) is 20.9. The Labute approximate surface area is 210 Å². The van der Waals surface area contributed by atoms with Gasteiger partial charge >= 0.3 is 0 Å². The first-order chi connectivity index (χ1) is 17.5. The molecule has 1 saturated heterocycles. The lowest BCUT2D eigenvalue weighted by Gasteiger charge is -2.54. The topological polar surface area (TPSA) is 95.5 Å². The molecule has 2 fully saturated rings. The van der Waals surface area contributed by atoms with E-state index in [0.29, 0.717) is 46.3 Å². The first-order valence-corrected chi connectivity index (χ1v) is 12.1. The molecule has 2 aliphatic heterocycles. The van der Waals surface area contributed by atoms with Crippen molar-refractivity contribution < 1.29 is 33.6 Å². The van der Waals surface area contributed by atoms with Crippen molar-refractivity contribution in [2.75, 3.05) is 28.4 Å². The molecule has 1 amide bonds. The van der Waals surface area contributed by atoms with Crippen LogP contribution < -0.4 is 29.0 Å². The number of aliphatic hydroxyl groups excluding tert-OH is 1. The lowest BCUT2D eigenvalue weighted by Crippen LogP contribution is -2.66. The SMILES string of the molecule is COc1cccc2c1OC13CCCCC1C2/C(=C(O)\C=C\c1ccc(OC)c(OC)c1OC)C(=O)N3. The number of nitrogens with one attached hydrogen (secondary N) is 1. The third kappa shape index (κ3) is 3.63. The van der Waals surface area contributed by atoms with Gasteiger partial charge in [0, 0.05) is 29.4 Å². The molecule has 2 aromatic rings. The Balaban J connectivity index is 1.62. The van der Waals surface area contributed by atoms with Crippen LogP contribution in [0.1, 0.15) is 42.7 Å². The normalized spacial score (nSPS) is 25.7. The molecular formula is C28H31NO7. The number of ether oxygens (including phenoxy) is 5. The van der Waals surface area contributed by atoms with E-state index in [1.807, 2.05) is 18.2 Å². The van der Waals surface area contributed by atoms with Crippen molar-refractivity contribution >= 4 is 12.0 Å². The van der Waals surface area contributed by atoms with Gasteiger partial charge in [-0.2, -0.15) is 0 Å². The number of piperidine rings is 1. The van der Waals surface area contributed by atoms with Gasteiger partial charge in [-0.25, -0.2) is 0 Å². The first-order valence-electron chi connectivity index (χ1n) is 12.1. The maximum Gasteiger partial charge on any atom is 0.254 e. The number of carbonyl (C=O) groups excluding carboxylic acids is 1. The van der Waals surface area contributed by atoms with Gasteiger partial charge in [0.05, 0.1) is 34.0 Å². The number of benzene rings is 2. The maximum absolute atomic E-state index is 13.4. The molecule has 3 unspecified atom stereocenters. The van der Waals surface area contributed by atoms with Crippen molar-refractivity contribution in [1.29, 1.82) is 0 Å². The molecule has 0 spiro atoms. The number of para-hydroxylation sites is 1. The van der Waals surface area contributed by atoms with Crippen molar-refractivity contribution in [1.82, 2.24) is 5.32 Å². The summed E-state index contributed by atoms with van der Waals surface area (Å²) in [5.41, 5.74) is 1.04. The van der Waals surface area contributed by atoms with Gasteiger partial charge in [0.25, 0.3) is 5.91 Å². The molecule has 36 heavy (non-hydrogen) atoms. The third-order valence-corrected chi connectivity index (χ3v) is 7.48. The summed E-state index contributed by atoms with van der Waals surface area (Å²) in [6, 6.07) is 9.26. The van der Waals surface area contributed by atoms with E-state index in [0.717, 1.165) is 24.8 Å². The molecule has 5 rings (SSSR count). The Bertz CT molecular complexity index is 1250. The van der Waals surface area contributed by atoms with Gasteiger partial charge in [-0.1, -0.05) is 18.6 Å². The van der Waals surface area contributed by atoms with E-state index in [4.69, 9.17) is 23.7 Å². The van der Waals surface area contributed by atoms with E-state index in [2.05, 4.69) is 5.32 Å². The molecule has 1 aliphatic carbocycles. The summed E-state index contributed by atoms with van der Waals surface area (Å²) in [7, 11) is 6.23. The number of hydrogen-bond donors (Lipinski definition) is 2. The second-order valence-corrected chi connectivity index (χ2v) is 9.21. The van der Waals surface area contributed by atoms with Crippen LogP contribution in [0.3, 0.4) is 0 Å². The minimum absolute atomic E-state index is 0.00437. The number of amides is 1. The van der Waals surface area contributed by atoms with E-state index in [1.54, 1.807) is 32.4 Å². The van der Waals surface area contributed by atoms with E-state index in [9.17, 15) is 9.90 Å². The van der Waals surface area contributed by atoms with Crippen LogP contribution in [0.5, 0.6) is 28.7 Å². The standard InChI is InChI=1S/C28H31NO7/c1-32-20-10-7-8-17-22-18-9-5-6-15-28(18,36-25(17)20)29-27(31)23(22)19(30)13-11-16-12-14-21(33-2)26(35-4)24(16)34-3/h7-8,10-14,18,22,30H,5-6,9,15H2,1-4H3,(H,29,31)/b13-11+,23-19-. The molecule has 2 N–H and O–H groups in total. The summed E-state index contributed by atoms with van der Waals surface area (Å²) in [6.45, 7) is 0. The summed E-state index contributed by atoms with van der Waals surface area (Å²) in [4.78, 5) is 13.4. The van der Waals surface area contributed by atoms with Crippen LogP contribution in [0.25, 0.3) is 6.08 Å². The smallest absolute Gasteiger partial charge is 0.254 e. The summed E-state index contributed by atoms with van der Waals surface area (Å²) in [6.07, 6.45) is 6.82. The first kappa shape index (κ1) is 23.9. The van der Waals surface area contributed by atoms with Gasteiger partial charge in [-0.3, -0.25) is 4.79 Å². The highest BCUT2D eigenvalue weighted by molar-refractivity contribution is 5.98. The van der Waals surface area contributed by atoms with Crippen molar-refractivity contribution in [3.8, 4) is 28.7 Å². The summed E-state index contributed by atoms with van der Waals surface area (Å²) in [5.74, 6) is 1.92. The molecule has 0 radical (unpaired) electrons. The predicted molar refractivity (Wildman–Crippen MR) is 134 cm³/mol. The monoisotopic (exact) mass is 493 g/mol. The van der Waals surface area contributed by atoms with Crippen molar-refractivity contribution in [2.24, 2.45) is 5.92 Å². The Morgan fingerprint density at radius 2 is 1.81 bits per heavy atom. The predicted octanol–water partition coefficient (Wildman–Crippen LogP) is 4.74. The molecule has 190 valence electrons. The van der Waals surface area contributed by atoms with Crippen LogP contribution in [0, 0.1) is 5.92 Å². The quantitative estimate of drug-likeness (QED) is 0.443. The van der Waals surface area contributed by atoms with Gasteiger partial charge in [-0.15, -0.1) is 0 Å². The Hall–Kier alpha value is -3.81. The zero-order valence-electron chi connectivity index (χ0n) is 20.9. The van der Waals surface area contributed by atoms with Crippen LogP contribution in [0.2, 0.25) is 0 Å². The highest BCUT2D eigenvalue weighted by Crippen LogP contribution is 2.57. The highest BCUT2D eigenvalue weighted by Gasteiger charge is 2.58. The largest absolute Gasteiger partial charge is 0.507 e. The number of hydrogen-bond acceptors (Lipinski definition) is 7. The number of fused-ring (bicyclic) bond motifs is 2. The van der Waals surface area contributed by atoms with Gasteiger partial charge in [-0.05, 0) is 43.2 Å². The van der Waals surface area contributed by atoms with Crippen molar-refractivity contribution in [2.45, 2.75) is 37.3 Å². The number of methoxy groups -OCH3 is 4. The van der Waals surface area contributed by atoms with E-state index in [1.165, 1.54) is 20.3 Å². The molecule has 2 bridgehead atoms. The van der Waals surface area contributed by atoms with Crippen LogP contribution >= 0.6 is 0 Å². The molecule has 2 aromatic carbocycles. The fourth-order valence-corrected chi connectivity index (χ4v) is 5.91. The molecule has 2 heterocycles. The Kier molecular flexibility index (Phi) is 6.20. The zero-order chi connectivity index (χ0) is 25.4. The Morgan fingerprint density at radius 3 is 2.53 bits per heavy atom. The van der Waals surface area contributed by atoms with Gasteiger partial charge in [0.15, 0.2) is 28.7 Å². The molecule has 1 saturated carbocycles. The second kappa shape index (κ2) is 9.33. The van der Waals surface area contributed by atoms with Gasteiger partial charge < -0.3 is 34.1 Å². The highest BCUT2D eigenvalue weighted by atomic mass is 16.5. The maximum atomic E-state index is 13.4. The molecule has 8 heteroatoms. The molecule has 0 aromatic heterocycles. The third-order valence-electron chi connectivity index (χ3n) is 7.48. The number of allylic oxidation sites excluding steroid dienone is 1. The van der Waals surface area contributed by atoms with E-state index < -0.39 is 5.72 Å². The number of rotatable bonds is 6. The summed E-state index contributed by atoms with van der Waals surface area (Å²) >= 11 is 0. The second-order valence-electron chi connectivity index (χ2n) is 9.21. The van der Waals surface area contributed by atoms with Gasteiger partial charge in [0.2, 0.25) is 5.75 Å². The van der Waals surface area contributed by atoms with E-state index in [-0.39, 0.29) is 23.5 Å². The molecule has 3 atom stereocenters. The fourth-order valence-electron chi connectivity index (χ4n) is 5.91. The average Bonchev–Trinajstić information content (AvgIpc) is 2.90. The van der Waals surface area contributed by atoms with Crippen LogP contribution in [-0.4, -0.2) is 45.2 Å². The number of aliphatic hydroxyl groups is 1. The molecule has 3 aliphatic rings. The van der Waals surface area contributed by atoms with Crippen LogP contribution in [0.4, 0.5) is 0 Å². The lowest BCUT2D eigenvalue weighted by molar-refractivity contribution is -0.140. The minimum atomic E-state index is -0.804. The molecule has 8 nitrogen and oxygen atoms in total. The van der Waals surface area contributed by atoms with Crippen molar-refractivity contribution in [3.63, 3.8) is 0 Å². The Morgan fingerprint density at radius 1 is 1.03 bits per heavy atom. The van der Waals surface area contributed by atoms with Crippen LogP contribution in [-0.2, 0) is 4.79 Å². The minimum Gasteiger partial charge on any atom is -0.507 e. The molecular weight excluding hydrogens is 462 g/mol. The summed E-state index contributed by atoms with van der Waals surface area (Å²) in [5, 5.41) is 14.4.